The third-order valence-corrected chi connectivity index (χ3v) is 1.74. The van der Waals surface area contributed by atoms with Crippen LogP contribution >= 0.6 is 0 Å². The standard InChI is InChI=1S/C9H9N3/c1-2-7-5-9(11-6-10-7)12-8-3-4-8/h1,5-6,8H,3-4H2,(H,10,11,12). The molecule has 0 aliphatic heterocycles. The molecule has 1 aromatic heterocycles. The molecule has 1 aliphatic carbocycles. The lowest BCUT2D eigenvalue weighted by Gasteiger charge is -2.01. The fourth-order valence-corrected chi connectivity index (χ4v) is 0.952. The van der Waals surface area contributed by atoms with Crippen LogP contribution in [0.5, 0.6) is 0 Å². The Morgan fingerprint density at radius 1 is 1.50 bits per heavy atom. The maximum atomic E-state index is 5.20. The van der Waals surface area contributed by atoms with Crippen molar-refractivity contribution >= 4 is 5.82 Å². The Morgan fingerprint density at radius 3 is 3.00 bits per heavy atom. The number of nitrogens with one attached hydrogen (secondary N) is 1. The van der Waals surface area contributed by atoms with Crippen molar-refractivity contribution in [1.29, 1.82) is 0 Å². The highest BCUT2D eigenvalue weighted by Crippen LogP contribution is 2.23. The van der Waals surface area contributed by atoms with Crippen molar-refractivity contribution in [2.75, 3.05) is 5.32 Å². The van der Waals surface area contributed by atoms with E-state index in [4.69, 9.17) is 6.42 Å². The Bertz CT molecular complexity index is 323. The fourth-order valence-electron chi connectivity index (χ4n) is 0.952. The molecule has 0 bridgehead atoms. The van der Waals surface area contributed by atoms with E-state index in [1.54, 1.807) is 6.07 Å². The van der Waals surface area contributed by atoms with E-state index in [2.05, 4.69) is 21.2 Å². The number of hydrogen-bond acceptors (Lipinski definition) is 3. The van der Waals surface area contributed by atoms with Gasteiger partial charge in [-0.2, -0.15) is 0 Å². The minimum atomic E-state index is 0.602. The van der Waals surface area contributed by atoms with Crippen molar-refractivity contribution in [3.63, 3.8) is 0 Å². The zero-order valence-corrected chi connectivity index (χ0v) is 6.62. The van der Waals surface area contributed by atoms with E-state index in [-0.39, 0.29) is 0 Å². The van der Waals surface area contributed by atoms with Crippen LogP contribution in [0, 0.1) is 12.3 Å². The molecule has 1 heterocycles. The second-order valence-electron chi connectivity index (χ2n) is 2.85. The molecule has 2 rings (SSSR count). The molecule has 0 saturated heterocycles. The van der Waals surface area contributed by atoms with Gasteiger partial charge in [-0.3, -0.25) is 0 Å². The van der Waals surface area contributed by atoms with Crippen LogP contribution < -0.4 is 5.32 Å². The monoisotopic (exact) mass is 159 g/mol. The van der Waals surface area contributed by atoms with Gasteiger partial charge in [0.2, 0.25) is 0 Å². The molecule has 1 aliphatic rings. The van der Waals surface area contributed by atoms with Crippen molar-refractivity contribution < 1.29 is 0 Å². The summed E-state index contributed by atoms with van der Waals surface area (Å²) in [5.74, 6) is 3.30. The van der Waals surface area contributed by atoms with Crippen molar-refractivity contribution in [3.05, 3.63) is 18.1 Å². The van der Waals surface area contributed by atoms with Crippen LogP contribution in [0.2, 0.25) is 0 Å². The molecule has 3 nitrogen and oxygen atoms in total. The van der Waals surface area contributed by atoms with Crippen molar-refractivity contribution in [2.45, 2.75) is 18.9 Å². The fraction of sp³-hybridized carbons (Fsp3) is 0.333. The normalized spacial score (nSPS) is 15.2. The average Bonchev–Trinajstić information content (AvgIpc) is 2.89. The number of hydrogen-bond donors (Lipinski definition) is 1. The predicted octanol–water partition coefficient (Wildman–Crippen LogP) is 1.03. The molecule has 1 saturated carbocycles. The molecule has 1 fully saturated rings. The van der Waals surface area contributed by atoms with Crippen LogP contribution in [0.1, 0.15) is 18.5 Å². The van der Waals surface area contributed by atoms with Crippen molar-refractivity contribution in [1.82, 2.24) is 9.97 Å². The number of terminal acetylenes is 1. The summed E-state index contributed by atoms with van der Waals surface area (Å²) in [5.41, 5.74) is 0.633. The minimum Gasteiger partial charge on any atom is -0.367 e. The van der Waals surface area contributed by atoms with E-state index in [0.717, 1.165) is 5.82 Å². The maximum absolute atomic E-state index is 5.20. The summed E-state index contributed by atoms with van der Waals surface area (Å²) in [4.78, 5) is 7.95. The molecule has 0 amide bonds. The van der Waals surface area contributed by atoms with Crippen LogP contribution in [-0.2, 0) is 0 Å². The van der Waals surface area contributed by atoms with Gasteiger partial charge in [-0.1, -0.05) is 5.92 Å². The van der Waals surface area contributed by atoms with E-state index < -0.39 is 0 Å². The van der Waals surface area contributed by atoms with E-state index in [1.165, 1.54) is 19.2 Å². The van der Waals surface area contributed by atoms with Crippen LogP contribution in [0.4, 0.5) is 5.82 Å². The van der Waals surface area contributed by atoms with Gasteiger partial charge in [0.25, 0.3) is 0 Å². The summed E-state index contributed by atoms with van der Waals surface area (Å²) in [6.45, 7) is 0. The summed E-state index contributed by atoms with van der Waals surface area (Å²) in [5, 5.41) is 3.24. The first-order valence-electron chi connectivity index (χ1n) is 3.93. The van der Waals surface area contributed by atoms with Crippen LogP contribution in [0.25, 0.3) is 0 Å². The first-order valence-corrected chi connectivity index (χ1v) is 3.93. The van der Waals surface area contributed by atoms with Crippen LogP contribution in [-0.4, -0.2) is 16.0 Å². The zero-order chi connectivity index (χ0) is 8.39. The first kappa shape index (κ1) is 7.11. The van der Waals surface area contributed by atoms with Crippen molar-refractivity contribution in [2.24, 2.45) is 0 Å². The van der Waals surface area contributed by atoms with Gasteiger partial charge in [-0.05, 0) is 12.8 Å². The lowest BCUT2D eigenvalue weighted by molar-refractivity contribution is 1.07. The summed E-state index contributed by atoms with van der Waals surface area (Å²) in [7, 11) is 0. The van der Waals surface area contributed by atoms with E-state index in [9.17, 15) is 0 Å². The second kappa shape index (κ2) is 2.82. The first-order chi connectivity index (χ1) is 5.88. The minimum absolute atomic E-state index is 0.602. The van der Waals surface area contributed by atoms with Gasteiger partial charge >= 0.3 is 0 Å². The summed E-state index contributed by atoms with van der Waals surface area (Å²) < 4.78 is 0. The van der Waals surface area contributed by atoms with Gasteiger partial charge in [0, 0.05) is 12.1 Å². The molecule has 1 N–H and O–H groups in total. The number of nitrogens with zero attached hydrogens (tertiary/aromatic N) is 2. The van der Waals surface area contributed by atoms with E-state index in [0.29, 0.717) is 11.7 Å². The largest absolute Gasteiger partial charge is 0.367 e. The van der Waals surface area contributed by atoms with Crippen LogP contribution in [0.3, 0.4) is 0 Å². The molecule has 0 atom stereocenters. The molecular weight excluding hydrogens is 150 g/mol. The third kappa shape index (κ3) is 1.54. The lowest BCUT2D eigenvalue weighted by Crippen LogP contribution is -2.03. The van der Waals surface area contributed by atoms with Crippen molar-refractivity contribution in [3.8, 4) is 12.3 Å². The third-order valence-electron chi connectivity index (χ3n) is 1.74. The molecule has 0 spiro atoms. The van der Waals surface area contributed by atoms with Gasteiger partial charge < -0.3 is 5.32 Å². The molecule has 3 heteroatoms. The van der Waals surface area contributed by atoms with Gasteiger partial charge in [-0.25, -0.2) is 9.97 Å². The summed E-state index contributed by atoms with van der Waals surface area (Å²) in [6, 6.07) is 2.39. The molecule has 1 aromatic rings. The molecule has 0 radical (unpaired) electrons. The Balaban J connectivity index is 2.15. The number of aromatic nitrogens is 2. The quantitative estimate of drug-likeness (QED) is 0.655. The SMILES string of the molecule is C#Cc1cc(NC2CC2)ncn1. The Labute approximate surface area is 71.2 Å². The lowest BCUT2D eigenvalue weighted by atomic mass is 10.4. The Morgan fingerprint density at radius 2 is 2.33 bits per heavy atom. The molecule has 12 heavy (non-hydrogen) atoms. The molecular formula is C9H9N3. The highest BCUT2D eigenvalue weighted by atomic mass is 15.1. The topological polar surface area (TPSA) is 37.8 Å². The highest BCUT2D eigenvalue weighted by molar-refractivity contribution is 5.41. The smallest absolute Gasteiger partial charge is 0.130 e. The Kier molecular flexibility index (Phi) is 1.67. The maximum Gasteiger partial charge on any atom is 0.130 e. The van der Waals surface area contributed by atoms with E-state index in [1.807, 2.05) is 0 Å². The van der Waals surface area contributed by atoms with Gasteiger partial charge in [0.05, 0.1) is 0 Å². The van der Waals surface area contributed by atoms with Gasteiger partial charge in [-0.15, -0.1) is 6.42 Å². The second-order valence-corrected chi connectivity index (χ2v) is 2.85. The molecule has 0 unspecified atom stereocenters. The molecule has 60 valence electrons. The van der Waals surface area contributed by atoms with Gasteiger partial charge in [0.15, 0.2) is 0 Å². The number of anilines is 1. The van der Waals surface area contributed by atoms with Crippen LogP contribution in [0.15, 0.2) is 12.4 Å². The predicted molar refractivity (Wildman–Crippen MR) is 46.6 cm³/mol. The molecule has 0 aromatic carbocycles. The van der Waals surface area contributed by atoms with Gasteiger partial charge in [0.1, 0.15) is 17.8 Å². The summed E-state index contributed by atoms with van der Waals surface area (Å²) in [6.07, 6.45) is 9.15. The summed E-state index contributed by atoms with van der Waals surface area (Å²) >= 11 is 0. The van der Waals surface area contributed by atoms with E-state index >= 15 is 0 Å². The Hall–Kier alpha value is -1.56. The highest BCUT2D eigenvalue weighted by Gasteiger charge is 2.21. The zero-order valence-electron chi connectivity index (χ0n) is 6.62. The average molecular weight is 159 g/mol. The number of rotatable bonds is 2.